The van der Waals surface area contributed by atoms with Crippen molar-refractivity contribution in [2.75, 3.05) is 6.61 Å². The van der Waals surface area contributed by atoms with Gasteiger partial charge in [-0.25, -0.2) is 9.78 Å². The molecule has 1 rings (SSSR count). The summed E-state index contributed by atoms with van der Waals surface area (Å²) in [5, 5.41) is 0. The fourth-order valence-electron chi connectivity index (χ4n) is 1.47. The average molecular weight is 332 g/mol. The fourth-order valence-corrected chi connectivity index (χ4v) is 1.47. The van der Waals surface area contributed by atoms with Gasteiger partial charge < -0.3 is 15.2 Å². The zero-order chi connectivity index (χ0) is 17.1. The molecule has 0 aliphatic carbocycles. The van der Waals surface area contributed by atoms with Gasteiger partial charge in [0.15, 0.2) is 17.1 Å². The van der Waals surface area contributed by atoms with Crippen molar-refractivity contribution in [2.24, 2.45) is 5.73 Å². The summed E-state index contributed by atoms with van der Waals surface area (Å²) in [5.41, 5.74) is 2.03. The third-order valence-electron chi connectivity index (χ3n) is 2.25. The van der Waals surface area contributed by atoms with Gasteiger partial charge in [0.05, 0.1) is 6.61 Å². The van der Waals surface area contributed by atoms with Gasteiger partial charge in [-0.1, -0.05) is 0 Å². The maximum Gasteiger partial charge on any atom is 0.573 e. The number of aromatic nitrogens is 1. The van der Waals surface area contributed by atoms with Gasteiger partial charge >= 0.3 is 18.5 Å². The van der Waals surface area contributed by atoms with Gasteiger partial charge in [-0.3, -0.25) is 0 Å². The molecule has 0 spiro atoms. The molecule has 0 unspecified atom stereocenters. The summed E-state index contributed by atoms with van der Waals surface area (Å²) in [4.78, 5) is 14.4. The Kier molecular flexibility index (Phi) is 5.22. The van der Waals surface area contributed by atoms with E-state index < -0.39 is 42.2 Å². The molecule has 5 nitrogen and oxygen atoms in total. The summed E-state index contributed by atoms with van der Waals surface area (Å²) in [6.45, 7) is 0.700. The highest BCUT2D eigenvalue weighted by atomic mass is 19.4. The minimum Gasteiger partial charge on any atom is -0.461 e. The second-order valence-corrected chi connectivity index (χ2v) is 3.81. The van der Waals surface area contributed by atoms with Gasteiger partial charge in [0, 0.05) is 12.1 Å². The first kappa shape index (κ1) is 18.0. The largest absolute Gasteiger partial charge is 0.573 e. The smallest absolute Gasteiger partial charge is 0.461 e. The molecule has 2 N–H and O–H groups in total. The number of carbonyl (C=O) groups is 1. The van der Waals surface area contributed by atoms with Crippen molar-refractivity contribution in [3.05, 3.63) is 23.0 Å². The Morgan fingerprint density at radius 2 is 1.86 bits per heavy atom. The molecule has 0 radical (unpaired) electrons. The average Bonchev–Trinajstić information content (AvgIpc) is 2.35. The lowest BCUT2D eigenvalue weighted by molar-refractivity contribution is -0.276. The summed E-state index contributed by atoms with van der Waals surface area (Å²) in [6.07, 6.45) is -10.6. The van der Waals surface area contributed by atoms with Gasteiger partial charge in [0.25, 0.3) is 0 Å². The number of ether oxygens (including phenoxy) is 2. The molecule has 11 heteroatoms. The van der Waals surface area contributed by atoms with E-state index in [-0.39, 0.29) is 12.2 Å². The maximum absolute atomic E-state index is 12.8. The predicted octanol–water partition coefficient (Wildman–Crippen LogP) is 2.63. The fraction of sp³-hybridized carbons (Fsp3) is 0.455. The molecule has 1 aromatic heterocycles. The van der Waals surface area contributed by atoms with Crippen LogP contribution >= 0.6 is 0 Å². The number of esters is 1. The van der Waals surface area contributed by atoms with E-state index in [4.69, 9.17) is 5.73 Å². The molecule has 0 aliphatic heterocycles. The lowest BCUT2D eigenvalue weighted by atomic mass is 10.1. The van der Waals surface area contributed by atoms with E-state index in [1.807, 2.05) is 0 Å². The SMILES string of the molecule is CCOC(=O)c1nc(C(F)(F)F)c(OC(F)(F)F)cc1CN. The Balaban J connectivity index is 3.49. The van der Waals surface area contributed by atoms with E-state index in [0.717, 1.165) is 0 Å². The van der Waals surface area contributed by atoms with E-state index in [2.05, 4.69) is 14.5 Å². The Labute approximate surface area is 120 Å². The Morgan fingerprint density at radius 3 is 2.27 bits per heavy atom. The van der Waals surface area contributed by atoms with Gasteiger partial charge in [-0.2, -0.15) is 13.2 Å². The quantitative estimate of drug-likeness (QED) is 0.678. The molecule has 0 saturated carbocycles. The van der Waals surface area contributed by atoms with Crippen LogP contribution in [0.1, 0.15) is 28.7 Å². The van der Waals surface area contributed by atoms with E-state index in [1.165, 1.54) is 6.92 Å². The molecule has 1 aromatic rings. The van der Waals surface area contributed by atoms with Crippen molar-refractivity contribution in [1.82, 2.24) is 4.98 Å². The van der Waals surface area contributed by atoms with Crippen molar-refractivity contribution in [1.29, 1.82) is 0 Å². The summed E-state index contributed by atoms with van der Waals surface area (Å²) in [5.74, 6) is -2.82. The maximum atomic E-state index is 12.8. The minimum absolute atomic E-state index is 0.160. The standard InChI is InChI=1S/C11H10F6N2O3/c1-2-21-9(20)7-5(4-18)3-6(22-11(15,16)17)8(19-7)10(12,13)14/h3H,2,4,18H2,1H3. The molecule has 0 fully saturated rings. The number of hydrogen-bond donors (Lipinski definition) is 1. The first-order valence-electron chi connectivity index (χ1n) is 5.73. The van der Waals surface area contributed by atoms with Crippen LogP contribution in [-0.4, -0.2) is 23.9 Å². The van der Waals surface area contributed by atoms with Gasteiger partial charge in [-0.05, 0) is 13.0 Å². The number of alkyl halides is 6. The summed E-state index contributed by atoms with van der Waals surface area (Å²) in [7, 11) is 0. The van der Waals surface area contributed by atoms with E-state index in [0.29, 0.717) is 6.07 Å². The lowest BCUT2D eigenvalue weighted by Gasteiger charge is -2.17. The number of nitrogens with two attached hydrogens (primary N) is 1. The van der Waals surface area contributed by atoms with Gasteiger partial charge in [0.2, 0.25) is 0 Å². The van der Waals surface area contributed by atoms with Crippen LogP contribution in [0.25, 0.3) is 0 Å². The molecular weight excluding hydrogens is 322 g/mol. The highest BCUT2D eigenvalue weighted by Gasteiger charge is 2.42. The van der Waals surface area contributed by atoms with Crippen molar-refractivity contribution >= 4 is 5.97 Å². The van der Waals surface area contributed by atoms with Gasteiger partial charge in [-0.15, -0.1) is 13.2 Å². The number of hydrogen-bond acceptors (Lipinski definition) is 5. The van der Waals surface area contributed by atoms with Crippen LogP contribution in [0.5, 0.6) is 5.75 Å². The zero-order valence-electron chi connectivity index (χ0n) is 11.0. The zero-order valence-corrected chi connectivity index (χ0v) is 11.0. The normalized spacial score (nSPS) is 12.2. The van der Waals surface area contributed by atoms with Crippen LogP contribution < -0.4 is 10.5 Å². The molecular formula is C11H10F6N2O3. The number of pyridine rings is 1. The summed E-state index contributed by atoms with van der Waals surface area (Å²) >= 11 is 0. The van der Waals surface area contributed by atoms with Crippen molar-refractivity contribution in [3.8, 4) is 5.75 Å². The van der Waals surface area contributed by atoms with Crippen LogP contribution in [0, 0.1) is 0 Å². The van der Waals surface area contributed by atoms with Crippen molar-refractivity contribution in [3.63, 3.8) is 0 Å². The third-order valence-corrected chi connectivity index (χ3v) is 2.25. The van der Waals surface area contributed by atoms with E-state index in [9.17, 15) is 31.1 Å². The summed E-state index contributed by atoms with van der Waals surface area (Å²) < 4.78 is 82.7. The molecule has 0 saturated heterocycles. The highest BCUT2D eigenvalue weighted by molar-refractivity contribution is 5.89. The molecule has 0 aromatic carbocycles. The Hall–Kier alpha value is -2.04. The molecule has 0 bridgehead atoms. The molecule has 0 aliphatic rings. The molecule has 0 amide bonds. The monoisotopic (exact) mass is 332 g/mol. The van der Waals surface area contributed by atoms with Crippen LogP contribution in [0.2, 0.25) is 0 Å². The first-order valence-corrected chi connectivity index (χ1v) is 5.73. The molecule has 0 atom stereocenters. The van der Waals surface area contributed by atoms with Crippen LogP contribution in [0.3, 0.4) is 0 Å². The van der Waals surface area contributed by atoms with Crippen LogP contribution in [0.15, 0.2) is 6.07 Å². The summed E-state index contributed by atoms with van der Waals surface area (Å²) in [6, 6.07) is 0.371. The second-order valence-electron chi connectivity index (χ2n) is 3.81. The molecule has 1 heterocycles. The van der Waals surface area contributed by atoms with Crippen molar-refractivity contribution in [2.45, 2.75) is 26.0 Å². The lowest BCUT2D eigenvalue weighted by Crippen LogP contribution is -2.23. The Bertz CT molecular complexity index is 556. The van der Waals surface area contributed by atoms with Crippen LogP contribution in [-0.2, 0) is 17.5 Å². The van der Waals surface area contributed by atoms with Crippen molar-refractivity contribution < 1.29 is 40.6 Å². The number of halogens is 6. The van der Waals surface area contributed by atoms with E-state index >= 15 is 0 Å². The topological polar surface area (TPSA) is 74.4 Å². The molecule has 22 heavy (non-hydrogen) atoms. The highest BCUT2D eigenvalue weighted by Crippen LogP contribution is 2.38. The predicted molar refractivity (Wildman–Crippen MR) is 59.8 cm³/mol. The minimum atomic E-state index is -5.36. The number of rotatable bonds is 4. The Morgan fingerprint density at radius 1 is 1.27 bits per heavy atom. The third kappa shape index (κ3) is 4.48. The molecule has 124 valence electrons. The number of carbonyl (C=O) groups excluding carboxylic acids is 1. The number of nitrogens with zero attached hydrogens (tertiary/aromatic N) is 1. The second kappa shape index (κ2) is 6.38. The first-order chi connectivity index (χ1) is 9.99. The van der Waals surface area contributed by atoms with Gasteiger partial charge in [0.1, 0.15) is 0 Å². The van der Waals surface area contributed by atoms with E-state index in [1.54, 1.807) is 0 Å². The van der Waals surface area contributed by atoms with Crippen LogP contribution in [0.4, 0.5) is 26.3 Å².